The molecule has 17 heavy (non-hydrogen) atoms. The third-order valence-corrected chi connectivity index (χ3v) is 3.67. The first-order valence-corrected chi connectivity index (χ1v) is 6.50. The molecule has 0 bridgehead atoms. The lowest BCUT2D eigenvalue weighted by Gasteiger charge is -2.33. The Morgan fingerprint density at radius 2 is 2.12 bits per heavy atom. The van der Waals surface area contributed by atoms with E-state index >= 15 is 0 Å². The summed E-state index contributed by atoms with van der Waals surface area (Å²) in [7, 11) is 1.76. The van der Waals surface area contributed by atoms with Gasteiger partial charge in [-0.2, -0.15) is 0 Å². The molecule has 1 aliphatic rings. The molecule has 1 aromatic heterocycles. The van der Waals surface area contributed by atoms with Crippen molar-refractivity contribution < 1.29 is 4.74 Å². The minimum absolute atomic E-state index is 0.333. The standard InChI is InChI=1S/C11H15Cl2N3O/c1-17-8-2-4-16(5-3-8)11-9(6-12)10(13)14-7-15-11/h7-8H,2-6H2,1H3. The van der Waals surface area contributed by atoms with Crippen LogP contribution in [0.2, 0.25) is 5.15 Å². The molecular weight excluding hydrogens is 261 g/mol. The van der Waals surface area contributed by atoms with Gasteiger partial charge >= 0.3 is 0 Å². The first-order valence-electron chi connectivity index (χ1n) is 5.59. The number of alkyl halides is 1. The van der Waals surface area contributed by atoms with Crippen molar-refractivity contribution in [3.05, 3.63) is 17.0 Å². The molecule has 0 radical (unpaired) electrons. The topological polar surface area (TPSA) is 38.2 Å². The van der Waals surface area contributed by atoms with Gasteiger partial charge in [-0.05, 0) is 12.8 Å². The molecule has 1 saturated heterocycles. The van der Waals surface area contributed by atoms with Crippen LogP contribution in [0.3, 0.4) is 0 Å². The summed E-state index contributed by atoms with van der Waals surface area (Å²) in [6.07, 6.45) is 3.83. The molecule has 1 aromatic rings. The number of hydrogen-bond acceptors (Lipinski definition) is 4. The number of methoxy groups -OCH3 is 1. The van der Waals surface area contributed by atoms with Gasteiger partial charge in [0.2, 0.25) is 0 Å². The highest BCUT2D eigenvalue weighted by molar-refractivity contribution is 6.31. The van der Waals surface area contributed by atoms with E-state index in [-0.39, 0.29) is 0 Å². The molecular formula is C11H15Cl2N3O. The van der Waals surface area contributed by atoms with Crippen molar-refractivity contribution in [3.63, 3.8) is 0 Å². The van der Waals surface area contributed by atoms with Crippen LogP contribution in [0, 0.1) is 0 Å². The zero-order chi connectivity index (χ0) is 12.3. The third-order valence-electron chi connectivity index (χ3n) is 3.08. The summed E-state index contributed by atoms with van der Waals surface area (Å²) in [5.41, 5.74) is 0.812. The second-order valence-electron chi connectivity index (χ2n) is 4.02. The normalized spacial score (nSPS) is 17.5. The number of piperidine rings is 1. The van der Waals surface area contributed by atoms with Crippen molar-refractivity contribution in [2.75, 3.05) is 25.1 Å². The average molecular weight is 276 g/mol. The number of nitrogens with zero attached hydrogens (tertiary/aromatic N) is 3. The van der Waals surface area contributed by atoms with Crippen molar-refractivity contribution in [1.82, 2.24) is 9.97 Å². The van der Waals surface area contributed by atoms with Gasteiger partial charge in [-0.15, -0.1) is 11.6 Å². The largest absolute Gasteiger partial charge is 0.381 e. The van der Waals surface area contributed by atoms with Gasteiger partial charge in [-0.25, -0.2) is 9.97 Å². The van der Waals surface area contributed by atoms with Crippen LogP contribution in [0.15, 0.2) is 6.33 Å². The molecule has 0 unspecified atom stereocenters. The van der Waals surface area contributed by atoms with Crippen molar-refractivity contribution in [2.45, 2.75) is 24.8 Å². The van der Waals surface area contributed by atoms with Crippen LogP contribution in [-0.4, -0.2) is 36.3 Å². The van der Waals surface area contributed by atoms with E-state index in [4.69, 9.17) is 27.9 Å². The Kier molecular flexibility index (Phi) is 4.42. The third kappa shape index (κ3) is 2.81. The highest BCUT2D eigenvalue weighted by Crippen LogP contribution is 2.27. The lowest BCUT2D eigenvalue weighted by molar-refractivity contribution is 0.0817. The van der Waals surface area contributed by atoms with Crippen molar-refractivity contribution in [3.8, 4) is 0 Å². The van der Waals surface area contributed by atoms with Crippen LogP contribution >= 0.6 is 23.2 Å². The maximum atomic E-state index is 6.02. The Labute approximate surface area is 111 Å². The Morgan fingerprint density at radius 1 is 1.41 bits per heavy atom. The summed E-state index contributed by atoms with van der Waals surface area (Å²) < 4.78 is 5.34. The average Bonchev–Trinajstić information content (AvgIpc) is 2.38. The van der Waals surface area contributed by atoms with E-state index in [0.717, 1.165) is 37.3 Å². The second-order valence-corrected chi connectivity index (χ2v) is 4.65. The predicted molar refractivity (Wildman–Crippen MR) is 68.8 cm³/mol. The van der Waals surface area contributed by atoms with Crippen molar-refractivity contribution in [2.24, 2.45) is 0 Å². The summed E-state index contributed by atoms with van der Waals surface area (Å²) in [6.45, 7) is 1.82. The molecule has 2 rings (SSSR count). The highest BCUT2D eigenvalue weighted by Gasteiger charge is 2.22. The lowest BCUT2D eigenvalue weighted by atomic mass is 10.1. The molecule has 0 atom stereocenters. The van der Waals surface area contributed by atoms with Gasteiger partial charge in [0, 0.05) is 25.8 Å². The minimum Gasteiger partial charge on any atom is -0.381 e. The van der Waals surface area contributed by atoms with Gasteiger partial charge in [0.15, 0.2) is 0 Å². The maximum Gasteiger partial charge on any atom is 0.138 e. The van der Waals surface area contributed by atoms with Crippen molar-refractivity contribution in [1.29, 1.82) is 0 Å². The van der Waals surface area contributed by atoms with E-state index in [0.29, 0.717) is 17.1 Å². The summed E-state index contributed by atoms with van der Waals surface area (Å²) >= 11 is 11.9. The second kappa shape index (κ2) is 5.85. The molecule has 6 heteroatoms. The van der Waals surface area contributed by atoms with E-state index < -0.39 is 0 Å². The number of halogens is 2. The van der Waals surface area contributed by atoms with Crippen LogP contribution in [0.1, 0.15) is 18.4 Å². The Hall–Kier alpha value is -0.580. The van der Waals surface area contributed by atoms with Crippen LogP contribution in [0.4, 0.5) is 5.82 Å². The zero-order valence-electron chi connectivity index (χ0n) is 9.70. The first-order chi connectivity index (χ1) is 8.26. The molecule has 94 valence electrons. The summed E-state index contributed by atoms with van der Waals surface area (Å²) in [4.78, 5) is 10.4. The van der Waals surface area contributed by atoms with Crippen LogP contribution < -0.4 is 4.90 Å². The van der Waals surface area contributed by atoms with E-state index in [2.05, 4.69) is 14.9 Å². The number of ether oxygens (including phenoxy) is 1. The fourth-order valence-corrected chi connectivity index (χ4v) is 2.58. The Bertz CT molecular complexity index is 381. The van der Waals surface area contributed by atoms with Gasteiger partial charge in [0.05, 0.1) is 12.0 Å². The minimum atomic E-state index is 0.333. The van der Waals surface area contributed by atoms with Gasteiger partial charge < -0.3 is 9.64 Å². The zero-order valence-corrected chi connectivity index (χ0v) is 11.2. The van der Waals surface area contributed by atoms with Gasteiger partial charge in [-0.3, -0.25) is 0 Å². The number of aromatic nitrogens is 2. The van der Waals surface area contributed by atoms with E-state index in [1.54, 1.807) is 7.11 Å². The number of hydrogen-bond donors (Lipinski definition) is 0. The van der Waals surface area contributed by atoms with Gasteiger partial charge in [0.1, 0.15) is 17.3 Å². The predicted octanol–water partition coefficient (Wildman–Crippen LogP) is 2.48. The van der Waals surface area contributed by atoms with Crippen LogP contribution in [-0.2, 0) is 10.6 Å². The maximum absolute atomic E-state index is 6.02. The van der Waals surface area contributed by atoms with Gasteiger partial charge in [-0.1, -0.05) is 11.6 Å². The molecule has 0 spiro atoms. The van der Waals surface area contributed by atoms with Crippen LogP contribution in [0.25, 0.3) is 0 Å². The monoisotopic (exact) mass is 275 g/mol. The van der Waals surface area contributed by atoms with Crippen LogP contribution in [0.5, 0.6) is 0 Å². The SMILES string of the molecule is COC1CCN(c2ncnc(Cl)c2CCl)CC1. The molecule has 0 aliphatic carbocycles. The molecule has 1 aliphatic heterocycles. The molecule has 0 amide bonds. The van der Waals surface area contributed by atoms with Gasteiger partial charge in [0.25, 0.3) is 0 Å². The lowest BCUT2D eigenvalue weighted by Crippen LogP contribution is -2.37. The highest BCUT2D eigenvalue weighted by atomic mass is 35.5. The molecule has 0 saturated carbocycles. The van der Waals surface area contributed by atoms with Crippen molar-refractivity contribution >= 4 is 29.0 Å². The fourth-order valence-electron chi connectivity index (χ4n) is 2.07. The Morgan fingerprint density at radius 3 is 2.71 bits per heavy atom. The summed E-state index contributed by atoms with van der Waals surface area (Å²) in [6, 6.07) is 0. The smallest absolute Gasteiger partial charge is 0.138 e. The quantitative estimate of drug-likeness (QED) is 0.628. The molecule has 4 nitrogen and oxygen atoms in total. The van der Waals surface area contributed by atoms with E-state index in [1.807, 2.05) is 0 Å². The summed E-state index contributed by atoms with van der Waals surface area (Å²) in [5, 5.41) is 0.443. The van der Waals surface area contributed by atoms with E-state index in [9.17, 15) is 0 Å². The molecule has 2 heterocycles. The van der Waals surface area contributed by atoms with E-state index in [1.165, 1.54) is 6.33 Å². The number of anilines is 1. The molecule has 0 N–H and O–H groups in total. The molecule has 1 fully saturated rings. The Balaban J connectivity index is 2.15. The first kappa shape index (κ1) is 12.9. The summed E-state index contributed by atoms with van der Waals surface area (Å²) in [5.74, 6) is 1.19. The molecule has 0 aromatic carbocycles. The fraction of sp³-hybridized carbons (Fsp3) is 0.636. The number of rotatable bonds is 3.